The Morgan fingerprint density at radius 3 is 2.32 bits per heavy atom. The molecule has 0 saturated heterocycles. The lowest BCUT2D eigenvalue weighted by Crippen LogP contribution is -2.08. The first-order valence-electron chi connectivity index (χ1n) is 7.82. The Balaban J connectivity index is 1.61. The van der Waals surface area contributed by atoms with Crippen molar-refractivity contribution in [3.05, 3.63) is 82.1 Å². The minimum absolute atomic E-state index is 0.129. The predicted molar refractivity (Wildman–Crippen MR) is 101 cm³/mol. The molecule has 4 nitrogen and oxygen atoms in total. The van der Waals surface area contributed by atoms with Crippen LogP contribution in [0.2, 0.25) is 10.0 Å². The third kappa shape index (κ3) is 4.62. The summed E-state index contributed by atoms with van der Waals surface area (Å²) in [5.74, 6) is 1.09. The van der Waals surface area contributed by atoms with Gasteiger partial charge in [0.05, 0.1) is 12.4 Å². The van der Waals surface area contributed by atoms with E-state index in [2.05, 4.69) is 34.3 Å². The molecule has 1 heterocycles. The highest BCUT2D eigenvalue weighted by Gasteiger charge is 2.08. The summed E-state index contributed by atoms with van der Waals surface area (Å²) in [5, 5.41) is 4.44. The van der Waals surface area contributed by atoms with Gasteiger partial charge in [-0.25, -0.2) is 9.97 Å². The number of benzene rings is 2. The van der Waals surface area contributed by atoms with Gasteiger partial charge in [-0.15, -0.1) is 0 Å². The summed E-state index contributed by atoms with van der Waals surface area (Å²) in [6.45, 7) is 2.31. The number of aromatic nitrogens is 2. The van der Waals surface area contributed by atoms with Gasteiger partial charge in [0.1, 0.15) is 12.4 Å². The van der Waals surface area contributed by atoms with Crippen molar-refractivity contribution in [2.45, 2.75) is 19.6 Å². The van der Waals surface area contributed by atoms with E-state index in [4.69, 9.17) is 27.9 Å². The fourth-order valence-electron chi connectivity index (χ4n) is 2.33. The maximum atomic E-state index is 6.13. The highest BCUT2D eigenvalue weighted by molar-refractivity contribution is 6.35. The number of hydrogen-bond donors (Lipinski definition) is 1. The molecule has 128 valence electrons. The van der Waals surface area contributed by atoms with Crippen molar-refractivity contribution in [3.63, 3.8) is 0 Å². The maximum absolute atomic E-state index is 6.13. The van der Waals surface area contributed by atoms with E-state index < -0.39 is 0 Å². The normalized spacial score (nSPS) is 11.8. The van der Waals surface area contributed by atoms with Crippen molar-refractivity contribution in [3.8, 4) is 5.88 Å². The van der Waals surface area contributed by atoms with Gasteiger partial charge in [0.15, 0.2) is 0 Å². The molecule has 0 radical (unpaired) electrons. The number of rotatable bonds is 6. The fraction of sp³-hybridized carbons (Fsp3) is 0.158. The minimum Gasteiger partial charge on any atom is -0.472 e. The lowest BCUT2D eigenvalue weighted by Gasteiger charge is -2.15. The van der Waals surface area contributed by atoms with Crippen LogP contribution in [0.4, 0.5) is 5.82 Å². The van der Waals surface area contributed by atoms with Crippen LogP contribution < -0.4 is 10.1 Å². The van der Waals surface area contributed by atoms with E-state index in [-0.39, 0.29) is 12.6 Å². The lowest BCUT2D eigenvalue weighted by atomic mass is 10.1. The molecule has 0 spiro atoms. The molecule has 0 saturated carbocycles. The number of halogens is 2. The first-order valence-corrected chi connectivity index (χ1v) is 8.58. The molecule has 3 rings (SSSR count). The van der Waals surface area contributed by atoms with Gasteiger partial charge in [-0.3, -0.25) is 0 Å². The van der Waals surface area contributed by atoms with Gasteiger partial charge in [0.2, 0.25) is 5.88 Å². The second kappa shape index (κ2) is 8.19. The summed E-state index contributed by atoms with van der Waals surface area (Å²) in [4.78, 5) is 8.60. The zero-order valence-corrected chi connectivity index (χ0v) is 15.1. The van der Waals surface area contributed by atoms with Crippen molar-refractivity contribution < 1.29 is 4.74 Å². The van der Waals surface area contributed by atoms with Crippen molar-refractivity contribution in [1.82, 2.24) is 9.97 Å². The van der Waals surface area contributed by atoms with Gasteiger partial charge < -0.3 is 10.1 Å². The van der Waals surface area contributed by atoms with Crippen molar-refractivity contribution in [2.75, 3.05) is 5.32 Å². The van der Waals surface area contributed by atoms with E-state index in [9.17, 15) is 0 Å². The predicted octanol–water partition coefficient (Wildman–Crippen LogP) is 5.54. The number of anilines is 1. The number of nitrogens with one attached hydrogen (secondary N) is 1. The first-order chi connectivity index (χ1) is 12.1. The van der Waals surface area contributed by atoms with E-state index in [1.807, 2.05) is 18.2 Å². The van der Waals surface area contributed by atoms with Crippen LogP contribution in [0.25, 0.3) is 0 Å². The van der Waals surface area contributed by atoms with E-state index in [0.29, 0.717) is 21.7 Å². The Kier molecular flexibility index (Phi) is 5.74. The number of hydrogen-bond acceptors (Lipinski definition) is 4. The van der Waals surface area contributed by atoms with Gasteiger partial charge in [-0.05, 0) is 24.6 Å². The summed E-state index contributed by atoms with van der Waals surface area (Å²) in [5.41, 5.74) is 1.91. The van der Waals surface area contributed by atoms with Gasteiger partial charge in [0, 0.05) is 21.7 Å². The summed E-state index contributed by atoms with van der Waals surface area (Å²) in [7, 11) is 0. The zero-order chi connectivity index (χ0) is 17.6. The molecular weight excluding hydrogens is 357 g/mol. The third-order valence-electron chi connectivity index (χ3n) is 3.72. The topological polar surface area (TPSA) is 47.0 Å². The molecule has 0 aliphatic rings. The Morgan fingerprint density at radius 1 is 0.960 bits per heavy atom. The van der Waals surface area contributed by atoms with Crippen LogP contribution in [-0.2, 0) is 6.61 Å². The van der Waals surface area contributed by atoms with Crippen molar-refractivity contribution in [1.29, 1.82) is 0 Å². The lowest BCUT2D eigenvalue weighted by molar-refractivity contribution is 0.292. The van der Waals surface area contributed by atoms with Crippen LogP contribution in [0.15, 0.2) is 60.9 Å². The number of ether oxygens (including phenoxy) is 1. The Labute approximate surface area is 156 Å². The molecule has 6 heteroatoms. The smallest absolute Gasteiger partial charge is 0.232 e. The monoisotopic (exact) mass is 373 g/mol. The molecule has 0 aliphatic heterocycles. The molecule has 0 fully saturated rings. The van der Waals surface area contributed by atoms with Crippen LogP contribution >= 0.6 is 23.2 Å². The zero-order valence-electron chi connectivity index (χ0n) is 13.6. The van der Waals surface area contributed by atoms with Gasteiger partial charge in [0.25, 0.3) is 0 Å². The summed E-state index contributed by atoms with van der Waals surface area (Å²) in [6, 6.07) is 15.6. The molecule has 0 amide bonds. The van der Waals surface area contributed by atoms with Crippen LogP contribution in [-0.4, -0.2) is 9.97 Å². The van der Waals surface area contributed by atoms with E-state index >= 15 is 0 Å². The van der Waals surface area contributed by atoms with E-state index in [0.717, 1.165) is 5.56 Å². The van der Waals surface area contributed by atoms with Crippen LogP contribution in [0.3, 0.4) is 0 Å². The highest BCUT2D eigenvalue weighted by Crippen LogP contribution is 2.25. The maximum Gasteiger partial charge on any atom is 0.232 e. The quantitative estimate of drug-likeness (QED) is 0.616. The van der Waals surface area contributed by atoms with Crippen molar-refractivity contribution >= 4 is 29.0 Å². The summed E-state index contributed by atoms with van der Waals surface area (Å²) < 4.78 is 5.63. The summed E-state index contributed by atoms with van der Waals surface area (Å²) >= 11 is 12.3. The van der Waals surface area contributed by atoms with Crippen LogP contribution in [0.5, 0.6) is 5.88 Å². The molecule has 2 aromatic carbocycles. The average Bonchev–Trinajstić information content (AvgIpc) is 2.63. The van der Waals surface area contributed by atoms with Crippen LogP contribution in [0, 0.1) is 0 Å². The summed E-state index contributed by atoms with van der Waals surface area (Å²) in [6.07, 6.45) is 3.22. The molecule has 1 N–H and O–H groups in total. The Morgan fingerprint density at radius 2 is 1.68 bits per heavy atom. The largest absolute Gasteiger partial charge is 0.472 e. The number of nitrogens with zero attached hydrogens (tertiary/aromatic N) is 2. The second-order valence-corrected chi connectivity index (χ2v) is 6.32. The van der Waals surface area contributed by atoms with E-state index in [1.54, 1.807) is 30.6 Å². The molecule has 25 heavy (non-hydrogen) atoms. The van der Waals surface area contributed by atoms with Gasteiger partial charge in [-0.1, -0.05) is 59.6 Å². The van der Waals surface area contributed by atoms with Crippen LogP contribution in [0.1, 0.15) is 24.1 Å². The Hall–Kier alpha value is -2.30. The highest BCUT2D eigenvalue weighted by atomic mass is 35.5. The van der Waals surface area contributed by atoms with E-state index in [1.165, 1.54) is 5.56 Å². The molecule has 1 aromatic heterocycles. The third-order valence-corrected chi connectivity index (χ3v) is 4.43. The minimum atomic E-state index is 0.129. The molecule has 0 aliphatic carbocycles. The standard InChI is InChI=1S/C19H17Cl2N3O/c1-13(14-6-3-2-4-7-14)24-18-10-23-19(11-22-18)25-12-15-16(20)8-5-9-17(15)21/h2-11,13H,12H2,1H3,(H,22,24). The molecule has 1 atom stereocenters. The second-order valence-electron chi connectivity index (χ2n) is 5.51. The first kappa shape index (κ1) is 17.5. The molecule has 1 unspecified atom stereocenters. The SMILES string of the molecule is CC(Nc1cnc(OCc2c(Cl)cccc2Cl)cn1)c1ccccc1. The van der Waals surface area contributed by atoms with Gasteiger partial charge >= 0.3 is 0 Å². The molecular formula is C19H17Cl2N3O. The Bertz CT molecular complexity index is 806. The molecule has 3 aromatic rings. The van der Waals surface area contributed by atoms with Gasteiger partial charge in [-0.2, -0.15) is 0 Å². The molecule has 0 bridgehead atoms. The average molecular weight is 374 g/mol. The fourth-order valence-corrected chi connectivity index (χ4v) is 2.84. The van der Waals surface area contributed by atoms with Crippen molar-refractivity contribution in [2.24, 2.45) is 0 Å².